The molecule has 48 heavy (non-hydrogen) atoms. The Labute approximate surface area is 288 Å². The van der Waals surface area contributed by atoms with E-state index in [-0.39, 0.29) is 41.2 Å². The molecule has 5 aliphatic carbocycles. The molecule has 0 bridgehead atoms. The van der Waals surface area contributed by atoms with E-state index in [9.17, 15) is 14.7 Å². The van der Waals surface area contributed by atoms with Gasteiger partial charge in [0.1, 0.15) is 5.60 Å². The molecule has 7 aliphatic rings. The van der Waals surface area contributed by atoms with Crippen LogP contribution in [0.15, 0.2) is 0 Å². The van der Waals surface area contributed by atoms with Gasteiger partial charge in [-0.3, -0.25) is 4.79 Å². The van der Waals surface area contributed by atoms with Crippen molar-refractivity contribution in [3.8, 4) is 0 Å². The topological polar surface area (TPSA) is 104 Å². The molecule has 2 spiro atoms. The molecule has 9 nitrogen and oxygen atoms in total. The summed E-state index contributed by atoms with van der Waals surface area (Å²) in [5.74, 6) is 2.17. The van der Waals surface area contributed by atoms with Gasteiger partial charge in [-0.1, -0.05) is 20.8 Å². The van der Waals surface area contributed by atoms with Crippen LogP contribution in [0.5, 0.6) is 0 Å². The molecule has 2 aliphatic heterocycles. The van der Waals surface area contributed by atoms with Gasteiger partial charge in [-0.2, -0.15) is 0 Å². The third-order valence-electron chi connectivity index (χ3n) is 14.9. The van der Waals surface area contributed by atoms with Gasteiger partial charge in [-0.25, -0.2) is 4.79 Å². The molecular weight excluding hydrogens is 610 g/mol. The van der Waals surface area contributed by atoms with E-state index in [4.69, 9.17) is 23.7 Å². The number of rotatable bonds is 5. The highest BCUT2D eigenvalue weighted by Crippen LogP contribution is 2.87. The lowest BCUT2D eigenvalue weighted by Crippen LogP contribution is -2.56. The summed E-state index contributed by atoms with van der Waals surface area (Å²) < 4.78 is 31.0. The van der Waals surface area contributed by atoms with Gasteiger partial charge < -0.3 is 33.7 Å². The lowest BCUT2D eigenvalue weighted by atomic mass is 9.46. The number of amides is 1. The Morgan fingerprint density at radius 2 is 1.65 bits per heavy atom. The molecule has 2 heterocycles. The van der Waals surface area contributed by atoms with Crippen LogP contribution in [0.2, 0.25) is 0 Å². The Bertz CT molecular complexity index is 1270. The first kappa shape index (κ1) is 35.0. The molecule has 7 fully saturated rings. The SMILES string of the molecule is CC(=O)O[C@@H](C1CCC2C(CC3C4CCC5C(C)(C)[C@@H](OC6CN(C(=O)OC(C)(C)C)CCO6)CC[C@@]56CC46CCC23C)O1)C(C)(C)O. The third kappa shape index (κ3) is 5.54. The molecule has 1 amide bonds. The smallest absolute Gasteiger partial charge is 0.410 e. The molecule has 1 N–H and O–H groups in total. The summed E-state index contributed by atoms with van der Waals surface area (Å²) in [6.07, 6.45) is 10.3. The Morgan fingerprint density at radius 1 is 0.917 bits per heavy atom. The number of carbonyl (C=O) groups excluding carboxylic acids is 2. The fraction of sp³-hybridized carbons (Fsp3) is 0.949. The minimum Gasteiger partial charge on any atom is -0.457 e. The van der Waals surface area contributed by atoms with Gasteiger partial charge in [0.15, 0.2) is 12.4 Å². The molecule has 12 atom stereocenters. The van der Waals surface area contributed by atoms with Gasteiger partial charge >= 0.3 is 12.1 Å². The van der Waals surface area contributed by atoms with Crippen LogP contribution in [0.1, 0.15) is 127 Å². The molecule has 2 saturated heterocycles. The summed E-state index contributed by atoms with van der Waals surface area (Å²) in [4.78, 5) is 26.5. The largest absolute Gasteiger partial charge is 0.457 e. The molecular formula is C39H63NO8. The van der Waals surface area contributed by atoms with Crippen molar-refractivity contribution < 1.29 is 38.4 Å². The molecule has 0 radical (unpaired) electrons. The molecule has 7 rings (SSSR count). The number of carbonyl (C=O) groups is 2. The number of aliphatic hydroxyl groups is 1. The van der Waals surface area contributed by atoms with Gasteiger partial charge in [0.05, 0.1) is 37.1 Å². The maximum Gasteiger partial charge on any atom is 0.410 e. The van der Waals surface area contributed by atoms with Crippen molar-refractivity contribution in [3.05, 3.63) is 0 Å². The second-order valence-electron chi connectivity index (χ2n) is 19.4. The van der Waals surface area contributed by atoms with E-state index in [0.717, 1.165) is 31.6 Å². The van der Waals surface area contributed by atoms with Crippen molar-refractivity contribution in [1.29, 1.82) is 0 Å². The lowest BCUT2D eigenvalue weighted by molar-refractivity contribution is -0.243. The molecule has 0 aromatic carbocycles. The Morgan fingerprint density at radius 3 is 2.33 bits per heavy atom. The average molecular weight is 674 g/mol. The zero-order valence-corrected chi connectivity index (χ0v) is 31.1. The first-order valence-electron chi connectivity index (χ1n) is 19.1. The standard InChI is InChI=1S/C39H63NO8/c1-23(41)45-32(36(7,8)43)27-12-10-25-28(46-27)20-26-24-11-13-29-35(5,6)30(14-15-39(29)22-38(24,39)17-16-37(25,26)9)47-31-21-40(18-19-44-31)33(42)48-34(2,3)4/h24-32,43H,10-22H2,1-9H3/t24?,25?,26?,27?,28?,29?,30-,31?,32-,37?,38?,39+/m0/s1. The third-order valence-corrected chi connectivity index (χ3v) is 14.9. The van der Waals surface area contributed by atoms with Crippen molar-refractivity contribution in [2.45, 2.75) is 168 Å². The summed E-state index contributed by atoms with van der Waals surface area (Å²) in [5, 5.41) is 10.9. The number of hydrogen-bond acceptors (Lipinski definition) is 8. The van der Waals surface area contributed by atoms with Gasteiger partial charge in [0, 0.05) is 13.5 Å². The molecule has 272 valence electrons. The van der Waals surface area contributed by atoms with E-state index in [2.05, 4.69) is 20.8 Å². The summed E-state index contributed by atoms with van der Waals surface area (Å²) in [6, 6.07) is 0. The molecule has 0 aromatic heterocycles. The Balaban J connectivity index is 1.03. The number of morpholine rings is 1. The van der Waals surface area contributed by atoms with Crippen LogP contribution in [-0.2, 0) is 28.5 Å². The van der Waals surface area contributed by atoms with Crippen molar-refractivity contribution in [2.75, 3.05) is 19.7 Å². The fourth-order valence-electron chi connectivity index (χ4n) is 12.9. The van der Waals surface area contributed by atoms with Crippen LogP contribution in [0.25, 0.3) is 0 Å². The highest BCUT2D eigenvalue weighted by Gasteiger charge is 2.80. The van der Waals surface area contributed by atoms with E-state index < -0.39 is 23.6 Å². The van der Waals surface area contributed by atoms with Gasteiger partial charge in [-0.05, 0) is 144 Å². The highest BCUT2D eigenvalue weighted by molar-refractivity contribution is 5.68. The second-order valence-corrected chi connectivity index (χ2v) is 19.4. The number of hydrogen-bond donors (Lipinski definition) is 1. The van der Waals surface area contributed by atoms with Crippen LogP contribution < -0.4 is 0 Å². The van der Waals surface area contributed by atoms with Crippen LogP contribution in [0, 0.1) is 45.3 Å². The predicted molar refractivity (Wildman–Crippen MR) is 180 cm³/mol. The van der Waals surface area contributed by atoms with E-state index in [1.807, 2.05) is 20.8 Å². The average Bonchev–Trinajstić information content (AvgIpc) is 3.56. The minimum absolute atomic E-state index is 0.0217. The van der Waals surface area contributed by atoms with Crippen LogP contribution in [0.3, 0.4) is 0 Å². The predicted octanol–water partition coefficient (Wildman–Crippen LogP) is 6.87. The number of nitrogens with zero attached hydrogens (tertiary/aromatic N) is 1. The maximum atomic E-state index is 12.8. The lowest BCUT2D eigenvalue weighted by Gasteiger charge is -2.60. The number of ether oxygens (including phenoxy) is 5. The van der Waals surface area contributed by atoms with Crippen molar-refractivity contribution in [2.24, 2.45) is 45.3 Å². The first-order valence-corrected chi connectivity index (χ1v) is 19.1. The second kappa shape index (κ2) is 11.5. The first-order chi connectivity index (χ1) is 22.3. The normalized spacial score (nSPS) is 45.4. The van der Waals surface area contributed by atoms with E-state index in [1.54, 1.807) is 18.7 Å². The van der Waals surface area contributed by atoms with Gasteiger partial charge in [0.25, 0.3) is 0 Å². The Hall–Kier alpha value is -1.42. The summed E-state index contributed by atoms with van der Waals surface area (Å²) >= 11 is 0. The monoisotopic (exact) mass is 673 g/mol. The zero-order chi connectivity index (χ0) is 34.7. The van der Waals surface area contributed by atoms with Crippen LogP contribution in [-0.4, -0.2) is 83.7 Å². The van der Waals surface area contributed by atoms with Crippen LogP contribution >= 0.6 is 0 Å². The molecule has 5 saturated carbocycles. The zero-order valence-electron chi connectivity index (χ0n) is 31.1. The van der Waals surface area contributed by atoms with E-state index >= 15 is 0 Å². The van der Waals surface area contributed by atoms with Gasteiger partial charge in [0.2, 0.25) is 0 Å². The van der Waals surface area contributed by atoms with E-state index in [0.29, 0.717) is 48.3 Å². The number of esters is 1. The summed E-state index contributed by atoms with van der Waals surface area (Å²) in [7, 11) is 0. The van der Waals surface area contributed by atoms with Crippen molar-refractivity contribution in [1.82, 2.24) is 4.90 Å². The van der Waals surface area contributed by atoms with Crippen molar-refractivity contribution >= 4 is 12.1 Å². The summed E-state index contributed by atoms with van der Waals surface area (Å²) in [5.41, 5.74) is -0.558. The van der Waals surface area contributed by atoms with E-state index in [1.165, 1.54) is 45.4 Å². The fourth-order valence-corrected chi connectivity index (χ4v) is 12.9. The van der Waals surface area contributed by atoms with Gasteiger partial charge in [-0.15, -0.1) is 0 Å². The molecule has 0 aromatic rings. The maximum absolute atomic E-state index is 12.8. The van der Waals surface area contributed by atoms with Crippen molar-refractivity contribution in [3.63, 3.8) is 0 Å². The molecule has 9 unspecified atom stereocenters. The molecule has 9 heteroatoms. The Kier molecular flexibility index (Phi) is 8.42. The van der Waals surface area contributed by atoms with Crippen LogP contribution in [0.4, 0.5) is 4.79 Å². The quantitative estimate of drug-likeness (QED) is 0.316. The highest BCUT2D eigenvalue weighted by atomic mass is 16.7. The minimum atomic E-state index is -1.16. The number of fused-ring (bicyclic) bond motifs is 4. The summed E-state index contributed by atoms with van der Waals surface area (Å²) in [6.45, 7) is 19.4.